The molecule has 0 bridgehead atoms. The molecule has 0 aliphatic rings. The van der Waals surface area contributed by atoms with E-state index in [4.69, 9.17) is 0 Å². The lowest BCUT2D eigenvalue weighted by atomic mass is 10.0. The van der Waals surface area contributed by atoms with Gasteiger partial charge in [0.2, 0.25) is 5.82 Å². The molecule has 28 heavy (non-hydrogen) atoms. The second-order valence-corrected chi connectivity index (χ2v) is 7.54. The molecule has 6 nitrogen and oxygen atoms in total. The highest BCUT2D eigenvalue weighted by Gasteiger charge is 2.22. The Morgan fingerprint density at radius 3 is 2.43 bits per heavy atom. The van der Waals surface area contributed by atoms with Gasteiger partial charge in [0.05, 0.1) is 5.52 Å². The first-order chi connectivity index (χ1) is 13.4. The van der Waals surface area contributed by atoms with Crippen LogP contribution in [0, 0.1) is 5.92 Å². The molecule has 146 valence electrons. The lowest BCUT2D eigenvalue weighted by Gasteiger charge is -2.13. The molecule has 0 aliphatic heterocycles. The first-order valence-electron chi connectivity index (χ1n) is 9.54. The summed E-state index contributed by atoms with van der Waals surface area (Å²) in [4.78, 5) is 29.9. The predicted octanol–water partition coefficient (Wildman–Crippen LogP) is 4.10. The highest BCUT2D eigenvalue weighted by molar-refractivity contribution is 6.06. The molecule has 0 spiro atoms. The number of imidazole rings is 1. The van der Waals surface area contributed by atoms with E-state index in [0.29, 0.717) is 18.0 Å². The minimum absolute atomic E-state index is 0.184. The summed E-state index contributed by atoms with van der Waals surface area (Å²) in [5.74, 6) is 0.152. The summed E-state index contributed by atoms with van der Waals surface area (Å²) < 4.78 is 1.65. The number of hydrogen-bond acceptors (Lipinski definition) is 3. The van der Waals surface area contributed by atoms with Gasteiger partial charge in [0.15, 0.2) is 5.69 Å². The number of nitrogens with one attached hydrogen (secondary N) is 2. The third-order valence-electron chi connectivity index (χ3n) is 4.47. The van der Waals surface area contributed by atoms with Gasteiger partial charge in [-0.05, 0) is 35.6 Å². The average Bonchev–Trinajstić information content (AvgIpc) is 3.06. The molecule has 2 N–H and O–H groups in total. The molecule has 2 heterocycles. The number of para-hydroxylation sites is 1. The highest BCUT2D eigenvalue weighted by Crippen LogP contribution is 2.24. The third kappa shape index (κ3) is 4.06. The molecule has 2 amide bonds. The fourth-order valence-corrected chi connectivity index (χ4v) is 3.04. The Bertz CT molecular complexity index is 1000. The number of amides is 2. The van der Waals surface area contributed by atoms with Gasteiger partial charge < -0.3 is 10.6 Å². The summed E-state index contributed by atoms with van der Waals surface area (Å²) in [7, 11) is 0. The lowest BCUT2D eigenvalue weighted by molar-refractivity contribution is 0.0946. The van der Waals surface area contributed by atoms with Gasteiger partial charge in [-0.25, -0.2) is 4.98 Å². The topological polar surface area (TPSA) is 75.5 Å². The third-order valence-corrected chi connectivity index (χ3v) is 4.47. The van der Waals surface area contributed by atoms with Crippen LogP contribution in [0.3, 0.4) is 0 Å². The molecule has 0 atom stereocenters. The van der Waals surface area contributed by atoms with Gasteiger partial charge in [0.25, 0.3) is 11.8 Å². The molecule has 0 radical (unpaired) electrons. The Morgan fingerprint density at radius 1 is 1.00 bits per heavy atom. The van der Waals surface area contributed by atoms with Gasteiger partial charge in [-0.2, -0.15) is 0 Å². The fourth-order valence-electron chi connectivity index (χ4n) is 3.04. The minimum atomic E-state index is -0.350. The van der Waals surface area contributed by atoms with Crippen molar-refractivity contribution in [1.29, 1.82) is 0 Å². The molecule has 3 aromatic rings. The monoisotopic (exact) mass is 378 g/mol. The van der Waals surface area contributed by atoms with Crippen LogP contribution in [0.15, 0.2) is 48.7 Å². The molecule has 0 unspecified atom stereocenters. The van der Waals surface area contributed by atoms with Crippen molar-refractivity contribution in [2.75, 3.05) is 11.9 Å². The molecule has 1 aromatic carbocycles. The van der Waals surface area contributed by atoms with Crippen molar-refractivity contribution in [3.63, 3.8) is 0 Å². The second-order valence-electron chi connectivity index (χ2n) is 7.54. The molecular formula is C22H26N4O2. The summed E-state index contributed by atoms with van der Waals surface area (Å²) in [5.41, 5.74) is 2.65. The van der Waals surface area contributed by atoms with Crippen molar-refractivity contribution in [3.8, 4) is 0 Å². The largest absolute Gasteiger partial charge is 0.350 e. The van der Waals surface area contributed by atoms with Crippen molar-refractivity contribution in [2.45, 2.75) is 33.6 Å². The molecule has 0 saturated carbocycles. The maximum Gasteiger partial charge on any atom is 0.292 e. The van der Waals surface area contributed by atoms with Crippen LogP contribution in [0.25, 0.3) is 5.52 Å². The molecule has 6 heteroatoms. The Hall–Kier alpha value is -3.15. The number of anilines is 1. The quantitative estimate of drug-likeness (QED) is 0.678. The SMILES string of the molecule is CC(C)CNC(=O)c1nc(C(=O)Nc2ccccc2C(C)C)n2ccccc12. The van der Waals surface area contributed by atoms with E-state index < -0.39 is 0 Å². The van der Waals surface area contributed by atoms with E-state index in [-0.39, 0.29) is 29.3 Å². The van der Waals surface area contributed by atoms with Crippen molar-refractivity contribution in [3.05, 3.63) is 65.7 Å². The highest BCUT2D eigenvalue weighted by atomic mass is 16.2. The number of carbonyl (C=O) groups excluding carboxylic acids is 2. The summed E-state index contributed by atoms with van der Waals surface area (Å²) in [6, 6.07) is 13.1. The zero-order valence-corrected chi connectivity index (χ0v) is 16.7. The number of aromatic nitrogens is 2. The van der Waals surface area contributed by atoms with E-state index in [2.05, 4.69) is 29.5 Å². The van der Waals surface area contributed by atoms with Crippen molar-refractivity contribution < 1.29 is 9.59 Å². The first-order valence-corrected chi connectivity index (χ1v) is 9.54. The molecule has 0 fully saturated rings. The number of hydrogen-bond donors (Lipinski definition) is 2. The van der Waals surface area contributed by atoms with Crippen LogP contribution in [0.1, 0.15) is 60.3 Å². The lowest BCUT2D eigenvalue weighted by Crippen LogP contribution is -2.27. The Morgan fingerprint density at radius 2 is 1.71 bits per heavy atom. The average molecular weight is 378 g/mol. The van der Waals surface area contributed by atoms with Crippen LogP contribution in [0.5, 0.6) is 0 Å². The van der Waals surface area contributed by atoms with Gasteiger partial charge in [0.1, 0.15) is 0 Å². The van der Waals surface area contributed by atoms with E-state index in [1.54, 1.807) is 16.7 Å². The van der Waals surface area contributed by atoms with Gasteiger partial charge >= 0.3 is 0 Å². The van der Waals surface area contributed by atoms with Gasteiger partial charge in [-0.3, -0.25) is 14.0 Å². The van der Waals surface area contributed by atoms with Crippen LogP contribution in [0.2, 0.25) is 0 Å². The Balaban J connectivity index is 1.95. The fraction of sp³-hybridized carbons (Fsp3) is 0.318. The number of carbonyl (C=O) groups is 2. The van der Waals surface area contributed by atoms with Gasteiger partial charge in [0, 0.05) is 18.4 Å². The van der Waals surface area contributed by atoms with Crippen LogP contribution in [0.4, 0.5) is 5.69 Å². The molecule has 0 saturated heterocycles. The number of benzene rings is 1. The van der Waals surface area contributed by atoms with E-state index in [1.807, 2.05) is 50.2 Å². The summed E-state index contributed by atoms with van der Waals surface area (Å²) in [5, 5.41) is 5.82. The number of pyridine rings is 1. The molecule has 0 aliphatic carbocycles. The van der Waals surface area contributed by atoms with Crippen molar-refractivity contribution in [2.24, 2.45) is 5.92 Å². The van der Waals surface area contributed by atoms with Crippen molar-refractivity contribution >= 4 is 23.0 Å². The van der Waals surface area contributed by atoms with E-state index >= 15 is 0 Å². The Labute approximate surface area is 165 Å². The van der Waals surface area contributed by atoms with Gasteiger partial charge in [-0.15, -0.1) is 0 Å². The van der Waals surface area contributed by atoms with Crippen molar-refractivity contribution in [1.82, 2.24) is 14.7 Å². The minimum Gasteiger partial charge on any atom is -0.350 e. The molecular weight excluding hydrogens is 352 g/mol. The number of fused-ring (bicyclic) bond motifs is 1. The van der Waals surface area contributed by atoms with Crippen LogP contribution >= 0.6 is 0 Å². The maximum absolute atomic E-state index is 13.0. The van der Waals surface area contributed by atoms with E-state index in [1.165, 1.54) is 0 Å². The smallest absolute Gasteiger partial charge is 0.292 e. The van der Waals surface area contributed by atoms with Gasteiger partial charge in [-0.1, -0.05) is 52.0 Å². The Kier molecular flexibility index (Phi) is 5.78. The van der Waals surface area contributed by atoms with E-state index in [9.17, 15) is 9.59 Å². The van der Waals surface area contributed by atoms with Crippen LogP contribution in [-0.2, 0) is 0 Å². The number of nitrogens with zero attached hydrogens (tertiary/aromatic N) is 2. The summed E-state index contributed by atoms with van der Waals surface area (Å²) >= 11 is 0. The van der Waals surface area contributed by atoms with E-state index in [0.717, 1.165) is 11.3 Å². The zero-order valence-electron chi connectivity index (χ0n) is 16.7. The van der Waals surface area contributed by atoms with Crippen LogP contribution < -0.4 is 10.6 Å². The summed E-state index contributed by atoms with van der Waals surface area (Å²) in [6.07, 6.45) is 1.74. The van der Waals surface area contributed by atoms with Crippen LogP contribution in [-0.4, -0.2) is 27.7 Å². The zero-order chi connectivity index (χ0) is 20.3. The standard InChI is InChI=1S/C22H26N4O2/c1-14(2)13-23-21(27)19-18-11-7-8-12-26(18)20(25-19)22(28)24-17-10-6-5-9-16(17)15(3)4/h5-12,14-15H,13H2,1-4H3,(H,23,27)(H,24,28). The second kappa shape index (κ2) is 8.25. The first kappa shape index (κ1) is 19.6. The maximum atomic E-state index is 13.0. The molecule has 2 aromatic heterocycles. The predicted molar refractivity (Wildman–Crippen MR) is 111 cm³/mol. The number of rotatable bonds is 6. The molecule has 3 rings (SSSR count). The summed E-state index contributed by atoms with van der Waals surface area (Å²) in [6.45, 7) is 8.75. The normalized spacial score (nSPS) is 11.2.